The highest BCUT2D eigenvalue weighted by atomic mass is 16.6. The average Bonchev–Trinajstić information content (AvgIpc) is 2.29. The van der Waals surface area contributed by atoms with E-state index in [1.54, 1.807) is 18.2 Å². The Balaban J connectivity index is 2.62. The van der Waals surface area contributed by atoms with Crippen LogP contribution in [0.5, 0.6) is 0 Å². The lowest BCUT2D eigenvalue weighted by Gasteiger charge is -1.96. The van der Waals surface area contributed by atoms with Crippen LogP contribution in [-0.4, -0.2) is 29.4 Å². The molecule has 0 atom stereocenters. The summed E-state index contributed by atoms with van der Waals surface area (Å²) in [6, 6.07) is 6.48. The van der Waals surface area contributed by atoms with Gasteiger partial charge in [-0.05, 0) is 18.9 Å². The highest BCUT2D eigenvalue weighted by Gasteiger charge is 2.09. The van der Waals surface area contributed by atoms with E-state index in [0.717, 1.165) is 6.42 Å². The molecular formula is C11H14N2O3. The lowest BCUT2D eigenvalue weighted by atomic mass is 10.2. The lowest BCUT2D eigenvalue weighted by molar-refractivity contribution is -0.385. The molecule has 0 fully saturated rings. The smallest absolute Gasteiger partial charge is 0.278 e. The van der Waals surface area contributed by atoms with Crippen molar-refractivity contribution in [3.8, 4) is 0 Å². The maximum Gasteiger partial charge on any atom is 0.278 e. The Labute approximate surface area is 93.6 Å². The van der Waals surface area contributed by atoms with Crippen LogP contribution in [0, 0.1) is 10.1 Å². The number of nitro groups is 1. The summed E-state index contributed by atoms with van der Waals surface area (Å²) >= 11 is 0. The molecule has 0 unspecified atom stereocenters. The quantitative estimate of drug-likeness (QED) is 0.345. The van der Waals surface area contributed by atoms with Gasteiger partial charge in [-0.3, -0.25) is 15.1 Å². The van der Waals surface area contributed by atoms with Gasteiger partial charge in [0.25, 0.3) is 5.69 Å². The van der Waals surface area contributed by atoms with E-state index < -0.39 is 4.92 Å². The zero-order valence-electron chi connectivity index (χ0n) is 8.87. The molecule has 5 heteroatoms. The molecule has 0 amide bonds. The molecule has 0 heterocycles. The standard InChI is InChI=1S/C11H14N2O3/c14-8-4-3-7-12-9-10-5-1-2-6-11(10)13(15)16/h1-2,5-6,9,14H,3-4,7-8H2. The Morgan fingerprint density at radius 1 is 1.38 bits per heavy atom. The third kappa shape index (κ3) is 3.78. The number of nitro benzene ring substituents is 1. The molecule has 1 N–H and O–H groups in total. The highest BCUT2D eigenvalue weighted by Crippen LogP contribution is 2.15. The number of aliphatic hydroxyl groups excluding tert-OH is 1. The van der Waals surface area contributed by atoms with Crippen LogP contribution in [-0.2, 0) is 0 Å². The van der Waals surface area contributed by atoms with Gasteiger partial charge in [-0.1, -0.05) is 12.1 Å². The van der Waals surface area contributed by atoms with Crippen LogP contribution in [0.25, 0.3) is 0 Å². The lowest BCUT2D eigenvalue weighted by Crippen LogP contribution is -1.94. The number of nitrogens with zero attached hydrogens (tertiary/aromatic N) is 2. The number of hydrogen-bond acceptors (Lipinski definition) is 4. The van der Waals surface area contributed by atoms with Gasteiger partial charge in [0, 0.05) is 25.4 Å². The number of hydrogen-bond donors (Lipinski definition) is 1. The van der Waals surface area contributed by atoms with E-state index in [2.05, 4.69) is 4.99 Å². The van der Waals surface area contributed by atoms with Gasteiger partial charge in [-0.2, -0.15) is 0 Å². The van der Waals surface area contributed by atoms with Crippen LogP contribution in [0.2, 0.25) is 0 Å². The average molecular weight is 222 g/mol. The second kappa shape index (κ2) is 6.68. The fraction of sp³-hybridized carbons (Fsp3) is 0.364. The molecule has 1 rings (SSSR count). The van der Waals surface area contributed by atoms with Crippen molar-refractivity contribution in [1.82, 2.24) is 0 Å². The van der Waals surface area contributed by atoms with E-state index >= 15 is 0 Å². The van der Waals surface area contributed by atoms with Gasteiger partial charge >= 0.3 is 0 Å². The van der Waals surface area contributed by atoms with Crippen molar-refractivity contribution >= 4 is 11.9 Å². The third-order valence-corrected chi connectivity index (χ3v) is 2.06. The monoisotopic (exact) mass is 222 g/mol. The van der Waals surface area contributed by atoms with E-state index in [-0.39, 0.29) is 12.3 Å². The van der Waals surface area contributed by atoms with Crippen LogP contribution in [0.3, 0.4) is 0 Å². The summed E-state index contributed by atoms with van der Waals surface area (Å²) in [5, 5.41) is 19.2. The maximum atomic E-state index is 10.7. The molecule has 86 valence electrons. The molecule has 0 aliphatic rings. The van der Waals surface area contributed by atoms with E-state index in [1.807, 2.05) is 0 Å². The molecule has 0 bridgehead atoms. The van der Waals surface area contributed by atoms with E-state index in [9.17, 15) is 10.1 Å². The first-order valence-corrected chi connectivity index (χ1v) is 5.10. The zero-order chi connectivity index (χ0) is 11.8. The Morgan fingerprint density at radius 3 is 2.81 bits per heavy atom. The van der Waals surface area contributed by atoms with Crippen molar-refractivity contribution < 1.29 is 10.0 Å². The number of para-hydroxylation sites is 1. The molecule has 16 heavy (non-hydrogen) atoms. The van der Waals surface area contributed by atoms with Crippen molar-refractivity contribution in [3.05, 3.63) is 39.9 Å². The molecule has 0 aliphatic carbocycles. The van der Waals surface area contributed by atoms with Gasteiger partial charge in [0.1, 0.15) is 0 Å². The number of aliphatic hydroxyl groups is 1. The van der Waals surface area contributed by atoms with Crippen molar-refractivity contribution in [3.63, 3.8) is 0 Å². The van der Waals surface area contributed by atoms with Gasteiger partial charge in [0.2, 0.25) is 0 Å². The third-order valence-electron chi connectivity index (χ3n) is 2.06. The molecule has 0 spiro atoms. The summed E-state index contributed by atoms with van der Waals surface area (Å²) < 4.78 is 0. The molecule has 0 radical (unpaired) electrons. The minimum atomic E-state index is -0.422. The Kier molecular flexibility index (Phi) is 5.15. The van der Waals surface area contributed by atoms with Crippen molar-refractivity contribution in [2.45, 2.75) is 12.8 Å². The molecule has 1 aromatic carbocycles. The Hall–Kier alpha value is -1.75. The Morgan fingerprint density at radius 2 is 2.12 bits per heavy atom. The second-order valence-corrected chi connectivity index (χ2v) is 3.28. The molecule has 1 aromatic rings. The molecule has 5 nitrogen and oxygen atoms in total. The highest BCUT2D eigenvalue weighted by molar-refractivity contribution is 5.85. The second-order valence-electron chi connectivity index (χ2n) is 3.28. The summed E-state index contributed by atoms with van der Waals surface area (Å²) in [7, 11) is 0. The number of benzene rings is 1. The van der Waals surface area contributed by atoms with E-state index in [1.165, 1.54) is 12.3 Å². The van der Waals surface area contributed by atoms with Gasteiger partial charge in [0.05, 0.1) is 10.5 Å². The topological polar surface area (TPSA) is 75.7 Å². The molecular weight excluding hydrogens is 208 g/mol. The Bertz CT molecular complexity index is 377. The van der Waals surface area contributed by atoms with E-state index in [0.29, 0.717) is 18.5 Å². The van der Waals surface area contributed by atoms with Crippen molar-refractivity contribution in [2.24, 2.45) is 4.99 Å². The van der Waals surface area contributed by atoms with Crippen LogP contribution >= 0.6 is 0 Å². The molecule has 0 saturated carbocycles. The first-order chi connectivity index (χ1) is 7.75. The summed E-state index contributed by atoms with van der Waals surface area (Å²) in [6.45, 7) is 0.730. The maximum absolute atomic E-state index is 10.7. The summed E-state index contributed by atoms with van der Waals surface area (Å²) in [5.41, 5.74) is 0.574. The molecule has 0 saturated heterocycles. The van der Waals surface area contributed by atoms with Crippen LogP contribution in [0.15, 0.2) is 29.3 Å². The van der Waals surface area contributed by atoms with Crippen LogP contribution in [0.1, 0.15) is 18.4 Å². The summed E-state index contributed by atoms with van der Waals surface area (Å²) in [4.78, 5) is 14.3. The molecule has 0 aliphatic heterocycles. The van der Waals surface area contributed by atoms with Crippen LogP contribution in [0.4, 0.5) is 5.69 Å². The van der Waals surface area contributed by atoms with Gasteiger partial charge in [-0.15, -0.1) is 0 Å². The summed E-state index contributed by atoms with van der Waals surface area (Å²) in [6.07, 6.45) is 3.00. The normalized spacial score (nSPS) is 10.8. The largest absolute Gasteiger partial charge is 0.396 e. The predicted octanol–water partition coefficient (Wildman–Crippen LogP) is 1.79. The first kappa shape index (κ1) is 12.3. The minimum Gasteiger partial charge on any atom is -0.396 e. The SMILES string of the molecule is O=[N+]([O-])c1ccccc1C=NCCCCO. The van der Waals surface area contributed by atoms with Crippen molar-refractivity contribution in [1.29, 1.82) is 0 Å². The number of unbranched alkanes of at least 4 members (excludes halogenated alkanes) is 1. The van der Waals surface area contributed by atoms with Gasteiger partial charge < -0.3 is 5.11 Å². The fourth-order valence-corrected chi connectivity index (χ4v) is 1.24. The number of rotatable bonds is 6. The minimum absolute atomic E-state index is 0.0633. The summed E-state index contributed by atoms with van der Waals surface area (Å²) in [5.74, 6) is 0. The molecule has 0 aromatic heterocycles. The van der Waals surface area contributed by atoms with Crippen LogP contribution < -0.4 is 0 Å². The van der Waals surface area contributed by atoms with Crippen molar-refractivity contribution in [2.75, 3.05) is 13.2 Å². The number of aliphatic imine (C=N–C) groups is 1. The van der Waals surface area contributed by atoms with Gasteiger partial charge in [-0.25, -0.2) is 0 Å². The van der Waals surface area contributed by atoms with Gasteiger partial charge in [0.15, 0.2) is 0 Å². The first-order valence-electron chi connectivity index (χ1n) is 5.10. The fourth-order valence-electron chi connectivity index (χ4n) is 1.24. The van der Waals surface area contributed by atoms with E-state index in [4.69, 9.17) is 5.11 Å². The zero-order valence-corrected chi connectivity index (χ0v) is 8.87. The predicted molar refractivity (Wildman–Crippen MR) is 61.9 cm³/mol.